The lowest BCUT2D eigenvalue weighted by atomic mass is 10.1. The van der Waals surface area contributed by atoms with Gasteiger partial charge in [0.15, 0.2) is 11.5 Å². The molecule has 1 amide bonds. The van der Waals surface area contributed by atoms with Gasteiger partial charge >= 0.3 is 0 Å². The molecule has 25 heavy (non-hydrogen) atoms. The number of rotatable bonds is 4. The lowest BCUT2D eigenvalue weighted by Crippen LogP contribution is -2.23. The van der Waals surface area contributed by atoms with Crippen LogP contribution in [0, 0.1) is 0 Å². The Balaban J connectivity index is 1.39. The number of halogens is 1. The first-order chi connectivity index (χ1) is 12.2. The summed E-state index contributed by atoms with van der Waals surface area (Å²) >= 11 is 6.13. The molecule has 6 heteroatoms. The maximum Gasteiger partial charge on any atom is 0.251 e. The van der Waals surface area contributed by atoms with E-state index in [-0.39, 0.29) is 12.7 Å². The summed E-state index contributed by atoms with van der Waals surface area (Å²) in [7, 11) is 0. The van der Waals surface area contributed by atoms with Crippen molar-refractivity contribution >= 4 is 23.2 Å². The van der Waals surface area contributed by atoms with Crippen molar-refractivity contribution in [2.24, 2.45) is 0 Å². The van der Waals surface area contributed by atoms with E-state index in [9.17, 15) is 4.79 Å². The third-order valence-electron chi connectivity index (χ3n) is 4.55. The Morgan fingerprint density at radius 1 is 1.12 bits per heavy atom. The summed E-state index contributed by atoms with van der Waals surface area (Å²) < 4.78 is 10.6. The molecular formula is C19H19ClN2O3. The van der Waals surface area contributed by atoms with E-state index in [1.54, 1.807) is 12.1 Å². The second kappa shape index (κ2) is 6.84. The van der Waals surface area contributed by atoms with Crippen LogP contribution >= 0.6 is 11.6 Å². The minimum absolute atomic E-state index is 0.128. The van der Waals surface area contributed by atoms with Gasteiger partial charge in [-0.05, 0) is 42.7 Å². The van der Waals surface area contributed by atoms with Crippen molar-refractivity contribution in [3.8, 4) is 11.5 Å². The summed E-state index contributed by atoms with van der Waals surface area (Å²) in [6.45, 7) is 2.84. The Morgan fingerprint density at radius 3 is 2.64 bits per heavy atom. The zero-order chi connectivity index (χ0) is 17.2. The first-order valence-corrected chi connectivity index (χ1v) is 8.80. The maximum atomic E-state index is 12.4. The molecule has 1 N–H and O–H groups in total. The minimum atomic E-state index is -0.191. The van der Waals surface area contributed by atoms with Gasteiger partial charge in [-0.1, -0.05) is 23.7 Å². The molecule has 0 saturated carbocycles. The molecule has 2 heterocycles. The van der Waals surface area contributed by atoms with Gasteiger partial charge in [-0.3, -0.25) is 4.79 Å². The molecule has 130 valence electrons. The Kier molecular flexibility index (Phi) is 4.40. The van der Waals surface area contributed by atoms with E-state index in [0.29, 0.717) is 28.6 Å². The second-order valence-electron chi connectivity index (χ2n) is 6.24. The monoisotopic (exact) mass is 358 g/mol. The summed E-state index contributed by atoms with van der Waals surface area (Å²) in [4.78, 5) is 14.8. The predicted octanol–water partition coefficient (Wildman–Crippen LogP) is 3.60. The standard InChI is InChI=1S/C19H19ClN2O3/c20-16-9-14(10-17-18(16)25-12-24-17)19(23)21-11-13-3-5-15(6-4-13)22-7-1-2-8-22/h3-6,9-10H,1-2,7-8,11-12H2,(H,21,23). The van der Waals surface area contributed by atoms with Gasteiger partial charge in [0.1, 0.15) is 0 Å². The lowest BCUT2D eigenvalue weighted by Gasteiger charge is -2.17. The highest BCUT2D eigenvalue weighted by molar-refractivity contribution is 6.32. The highest BCUT2D eigenvalue weighted by Crippen LogP contribution is 2.39. The van der Waals surface area contributed by atoms with Gasteiger partial charge in [0, 0.05) is 30.9 Å². The van der Waals surface area contributed by atoms with Crippen molar-refractivity contribution in [2.45, 2.75) is 19.4 Å². The summed E-state index contributed by atoms with van der Waals surface area (Å²) in [6.07, 6.45) is 2.52. The number of hydrogen-bond acceptors (Lipinski definition) is 4. The summed E-state index contributed by atoms with van der Waals surface area (Å²) in [5.74, 6) is 0.812. The van der Waals surface area contributed by atoms with E-state index in [1.165, 1.54) is 18.5 Å². The number of nitrogens with one attached hydrogen (secondary N) is 1. The fourth-order valence-electron chi connectivity index (χ4n) is 3.18. The van der Waals surface area contributed by atoms with Crippen LogP contribution in [-0.2, 0) is 6.54 Å². The van der Waals surface area contributed by atoms with Crippen LogP contribution in [0.2, 0.25) is 5.02 Å². The fraction of sp³-hybridized carbons (Fsp3) is 0.316. The summed E-state index contributed by atoms with van der Waals surface area (Å²) in [6, 6.07) is 11.6. The number of carbonyl (C=O) groups is 1. The average molecular weight is 359 g/mol. The van der Waals surface area contributed by atoms with E-state index < -0.39 is 0 Å². The topological polar surface area (TPSA) is 50.8 Å². The van der Waals surface area contributed by atoms with Gasteiger partial charge in [-0.15, -0.1) is 0 Å². The number of nitrogens with zero attached hydrogens (tertiary/aromatic N) is 1. The Bertz CT molecular complexity index is 786. The van der Waals surface area contributed by atoms with E-state index in [0.717, 1.165) is 18.7 Å². The minimum Gasteiger partial charge on any atom is -0.454 e. The van der Waals surface area contributed by atoms with E-state index in [1.807, 2.05) is 0 Å². The van der Waals surface area contributed by atoms with Crippen LogP contribution in [0.25, 0.3) is 0 Å². The van der Waals surface area contributed by atoms with E-state index in [2.05, 4.69) is 34.5 Å². The van der Waals surface area contributed by atoms with Crippen LogP contribution < -0.4 is 19.7 Å². The van der Waals surface area contributed by atoms with E-state index in [4.69, 9.17) is 21.1 Å². The van der Waals surface area contributed by atoms with Gasteiger partial charge in [-0.2, -0.15) is 0 Å². The fourth-order valence-corrected chi connectivity index (χ4v) is 3.45. The quantitative estimate of drug-likeness (QED) is 0.907. The number of hydrogen-bond donors (Lipinski definition) is 1. The molecule has 4 rings (SSSR count). The molecular weight excluding hydrogens is 340 g/mol. The predicted molar refractivity (Wildman–Crippen MR) is 96.6 cm³/mol. The van der Waals surface area contributed by atoms with Gasteiger partial charge in [0.25, 0.3) is 5.91 Å². The molecule has 2 aliphatic heterocycles. The maximum absolute atomic E-state index is 12.4. The summed E-state index contributed by atoms with van der Waals surface area (Å²) in [5, 5.41) is 3.30. The number of anilines is 1. The molecule has 0 bridgehead atoms. The molecule has 0 spiro atoms. The third-order valence-corrected chi connectivity index (χ3v) is 4.83. The molecule has 0 atom stereocenters. The van der Waals surface area contributed by atoms with Crippen molar-refractivity contribution in [2.75, 3.05) is 24.8 Å². The van der Waals surface area contributed by atoms with E-state index >= 15 is 0 Å². The van der Waals surface area contributed by atoms with Crippen LogP contribution in [-0.4, -0.2) is 25.8 Å². The second-order valence-corrected chi connectivity index (χ2v) is 6.64. The Labute approximate surface area is 151 Å². The van der Waals surface area contributed by atoms with Crippen LogP contribution in [0.4, 0.5) is 5.69 Å². The van der Waals surface area contributed by atoms with Crippen molar-refractivity contribution in [3.63, 3.8) is 0 Å². The van der Waals surface area contributed by atoms with Crippen molar-refractivity contribution in [3.05, 3.63) is 52.5 Å². The van der Waals surface area contributed by atoms with Gasteiger partial charge in [-0.25, -0.2) is 0 Å². The van der Waals surface area contributed by atoms with Crippen LogP contribution in [0.5, 0.6) is 11.5 Å². The van der Waals surface area contributed by atoms with Crippen LogP contribution in [0.1, 0.15) is 28.8 Å². The molecule has 5 nitrogen and oxygen atoms in total. The smallest absolute Gasteiger partial charge is 0.251 e. The zero-order valence-electron chi connectivity index (χ0n) is 13.8. The molecule has 2 aromatic rings. The lowest BCUT2D eigenvalue weighted by molar-refractivity contribution is 0.0950. The molecule has 0 aromatic heterocycles. The molecule has 0 unspecified atom stereocenters. The SMILES string of the molecule is O=C(NCc1ccc(N2CCCC2)cc1)c1cc(Cl)c2c(c1)OCO2. The van der Waals surface area contributed by atoms with Crippen molar-refractivity contribution in [1.29, 1.82) is 0 Å². The normalized spacial score (nSPS) is 15.5. The average Bonchev–Trinajstić information content (AvgIpc) is 3.31. The summed E-state index contributed by atoms with van der Waals surface area (Å²) in [5.41, 5.74) is 2.77. The number of ether oxygens (including phenoxy) is 2. The highest BCUT2D eigenvalue weighted by Gasteiger charge is 2.20. The van der Waals surface area contributed by atoms with Gasteiger partial charge < -0.3 is 19.7 Å². The number of fused-ring (bicyclic) bond motifs is 1. The van der Waals surface area contributed by atoms with Gasteiger partial charge in [0.05, 0.1) is 5.02 Å². The molecule has 2 aromatic carbocycles. The zero-order valence-corrected chi connectivity index (χ0v) is 14.5. The third kappa shape index (κ3) is 3.37. The number of carbonyl (C=O) groups excluding carboxylic acids is 1. The van der Waals surface area contributed by atoms with Crippen molar-refractivity contribution in [1.82, 2.24) is 5.32 Å². The molecule has 0 radical (unpaired) electrons. The molecule has 1 fully saturated rings. The first-order valence-electron chi connectivity index (χ1n) is 8.42. The highest BCUT2D eigenvalue weighted by atomic mass is 35.5. The van der Waals surface area contributed by atoms with Gasteiger partial charge in [0.2, 0.25) is 6.79 Å². The first kappa shape index (κ1) is 16.1. The Hall–Kier alpha value is -2.40. The molecule has 2 aliphatic rings. The number of amides is 1. The molecule has 0 aliphatic carbocycles. The van der Waals surface area contributed by atoms with Crippen LogP contribution in [0.3, 0.4) is 0 Å². The van der Waals surface area contributed by atoms with Crippen LogP contribution in [0.15, 0.2) is 36.4 Å². The number of benzene rings is 2. The molecule has 1 saturated heterocycles. The largest absolute Gasteiger partial charge is 0.454 e. The van der Waals surface area contributed by atoms with Crippen molar-refractivity contribution < 1.29 is 14.3 Å². The Morgan fingerprint density at radius 2 is 1.88 bits per heavy atom.